The lowest BCUT2D eigenvalue weighted by Crippen LogP contribution is -2.37. The summed E-state index contributed by atoms with van der Waals surface area (Å²) in [5.41, 5.74) is 4.26. The smallest absolute Gasteiger partial charge is 0.266 e. The molecule has 0 radical (unpaired) electrons. The molecule has 31 heavy (non-hydrogen) atoms. The number of amides is 1. The van der Waals surface area contributed by atoms with E-state index in [-0.39, 0.29) is 11.5 Å². The van der Waals surface area contributed by atoms with Gasteiger partial charge >= 0.3 is 0 Å². The van der Waals surface area contributed by atoms with Gasteiger partial charge in [0.05, 0.1) is 36.8 Å². The number of nitrogens with zero attached hydrogens (tertiary/aromatic N) is 1. The molecule has 1 amide bonds. The van der Waals surface area contributed by atoms with Crippen molar-refractivity contribution in [3.63, 3.8) is 0 Å². The minimum absolute atomic E-state index is 0.0223. The van der Waals surface area contributed by atoms with Crippen LogP contribution in [0.15, 0.2) is 42.5 Å². The standard InChI is InChI=1S/C23H29N3O4S/c1-23(2)15-17-5-4-6-19(22(27)25-31(3,28)29)20(17)24-21(23)16-7-9-18(10-8-16)26-11-13-30-14-12-26/h4-10,21,24H,11-15H2,1-3H3,(H,25,27). The normalized spacial score (nSPS) is 20.5. The van der Waals surface area contributed by atoms with Crippen LogP contribution in [0.2, 0.25) is 0 Å². The lowest BCUT2D eigenvalue weighted by atomic mass is 9.72. The quantitative estimate of drug-likeness (QED) is 0.756. The highest BCUT2D eigenvalue weighted by atomic mass is 32.2. The third-order valence-corrected chi connectivity index (χ3v) is 6.55. The van der Waals surface area contributed by atoms with Gasteiger partial charge in [-0.1, -0.05) is 38.1 Å². The van der Waals surface area contributed by atoms with Crippen molar-refractivity contribution in [2.75, 3.05) is 42.8 Å². The summed E-state index contributed by atoms with van der Waals surface area (Å²) in [5, 5.41) is 3.55. The van der Waals surface area contributed by atoms with E-state index >= 15 is 0 Å². The van der Waals surface area contributed by atoms with Crippen LogP contribution in [-0.4, -0.2) is 46.9 Å². The number of sulfonamides is 1. The molecule has 0 saturated carbocycles. The fourth-order valence-corrected chi connectivity index (χ4v) is 4.94. The lowest BCUT2D eigenvalue weighted by Gasteiger charge is -2.42. The lowest BCUT2D eigenvalue weighted by molar-refractivity contribution is 0.0981. The molecular weight excluding hydrogens is 414 g/mol. The van der Waals surface area contributed by atoms with E-state index in [1.165, 1.54) is 5.69 Å². The minimum atomic E-state index is -3.64. The van der Waals surface area contributed by atoms with Gasteiger partial charge in [0.2, 0.25) is 10.0 Å². The molecule has 2 aromatic rings. The van der Waals surface area contributed by atoms with Gasteiger partial charge < -0.3 is 15.0 Å². The number of carbonyl (C=O) groups is 1. The van der Waals surface area contributed by atoms with Gasteiger partial charge in [-0.25, -0.2) is 13.1 Å². The predicted molar refractivity (Wildman–Crippen MR) is 122 cm³/mol. The number of hydrogen-bond donors (Lipinski definition) is 2. The second kappa shape index (κ2) is 8.16. The number of rotatable bonds is 4. The molecule has 1 atom stereocenters. The van der Waals surface area contributed by atoms with Crippen molar-refractivity contribution in [1.82, 2.24) is 4.72 Å². The van der Waals surface area contributed by atoms with Gasteiger partial charge in [-0.3, -0.25) is 4.79 Å². The average molecular weight is 444 g/mol. The zero-order valence-corrected chi connectivity index (χ0v) is 19.0. The maximum absolute atomic E-state index is 12.6. The number of nitrogens with one attached hydrogen (secondary N) is 2. The number of fused-ring (bicyclic) bond motifs is 1. The molecule has 0 spiro atoms. The first kappa shape index (κ1) is 21.6. The molecule has 4 rings (SSSR count). The summed E-state index contributed by atoms with van der Waals surface area (Å²) in [4.78, 5) is 14.9. The number of anilines is 2. The average Bonchev–Trinajstić information content (AvgIpc) is 2.71. The van der Waals surface area contributed by atoms with E-state index in [4.69, 9.17) is 4.74 Å². The second-order valence-corrected chi connectivity index (χ2v) is 10.7. The van der Waals surface area contributed by atoms with Crippen LogP contribution in [0.1, 0.15) is 41.4 Å². The first-order chi connectivity index (χ1) is 14.6. The Morgan fingerprint density at radius 3 is 2.45 bits per heavy atom. The van der Waals surface area contributed by atoms with Crippen LogP contribution in [0.25, 0.3) is 0 Å². The summed E-state index contributed by atoms with van der Waals surface area (Å²) in [6.07, 6.45) is 1.75. The highest BCUT2D eigenvalue weighted by molar-refractivity contribution is 7.89. The second-order valence-electron chi connectivity index (χ2n) is 8.98. The number of morpholine rings is 1. The van der Waals surface area contributed by atoms with Crippen molar-refractivity contribution in [2.45, 2.75) is 26.3 Å². The molecule has 1 unspecified atom stereocenters. The van der Waals surface area contributed by atoms with Crippen molar-refractivity contribution in [3.05, 3.63) is 59.2 Å². The van der Waals surface area contributed by atoms with Gasteiger partial charge in [0.25, 0.3) is 5.91 Å². The Labute approximate surface area is 183 Å². The Morgan fingerprint density at radius 1 is 1.13 bits per heavy atom. The highest BCUT2D eigenvalue weighted by Crippen LogP contribution is 2.46. The first-order valence-electron chi connectivity index (χ1n) is 10.5. The van der Waals surface area contributed by atoms with Crippen LogP contribution >= 0.6 is 0 Å². The van der Waals surface area contributed by atoms with Gasteiger partial charge in [0.1, 0.15) is 0 Å². The molecule has 2 aliphatic rings. The molecule has 2 heterocycles. The van der Waals surface area contributed by atoms with Gasteiger partial charge in [0, 0.05) is 18.8 Å². The Kier molecular flexibility index (Phi) is 5.70. The molecule has 8 heteroatoms. The molecule has 1 fully saturated rings. The number of ether oxygens (including phenoxy) is 1. The molecule has 0 aromatic heterocycles. The van der Waals surface area contributed by atoms with Gasteiger partial charge in [-0.05, 0) is 41.2 Å². The summed E-state index contributed by atoms with van der Waals surface area (Å²) in [5.74, 6) is -0.618. The van der Waals surface area contributed by atoms with Crippen LogP contribution < -0.4 is 14.9 Å². The van der Waals surface area contributed by atoms with Crippen molar-refractivity contribution >= 4 is 27.3 Å². The van der Waals surface area contributed by atoms with E-state index < -0.39 is 15.9 Å². The molecule has 2 aromatic carbocycles. The predicted octanol–water partition coefficient (Wildman–Crippen LogP) is 2.95. The highest BCUT2D eigenvalue weighted by Gasteiger charge is 2.37. The third kappa shape index (κ3) is 4.70. The topological polar surface area (TPSA) is 87.7 Å². The zero-order chi connectivity index (χ0) is 22.2. The molecule has 166 valence electrons. The van der Waals surface area contributed by atoms with Gasteiger partial charge in [-0.2, -0.15) is 0 Å². The Balaban J connectivity index is 1.63. The van der Waals surface area contributed by atoms with Gasteiger partial charge in [-0.15, -0.1) is 0 Å². The molecule has 7 nitrogen and oxygen atoms in total. The Bertz CT molecular complexity index is 1070. The van der Waals surface area contributed by atoms with Crippen LogP contribution in [0, 0.1) is 5.41 Å². The molecule has 0 aliphatic carbocycles. The van der Waals surface area contributed by atoms with E-state index in [9.17, 15) is 13.2 Å². The summed E-state index contributed by atoms with van der Waals surface area (Å²) in [6.45, 7) is 7.67. The SMILES string of the molecule is CC1(C)Cc2cccc(C(=O)NS(C)(=O)=O)c2NC1c1ccc(N2CCOCC2)cc1. The summed E-state index contributed by atoms with van der Waals surface area (Å²) in [7, 11) is -3.64. The number of carbonyl (C=O) groups excluding carboxylic acids is 1. The van der Waals surface area contributed by atoms with Crippen molar-refractivity contribution in [2.24, 2.45) is 5.41 Å². The molecule has 2 aliphatic heterocycles. The number of para-hydroxylation sites is 1. The Hall–Kier alpha value is -2.58. The first-order valence-corrected chi connectivity index (χ1v) is 12.4. The van der Waals surface area contributed by atoms with Crippen molar-refractivity contribution in [1.29, 1.82) is 0 Å². The van der Waals surface area contributed by atoms with Crippen LogP contribution in [-0.2, 0) is 21.2 Å². The maximum Gasteiger partial charge on any atom is 0.266 e. The van der Waals surface area contributed by atoms with E-state index in [0.29, 0.717) is 11.3 Å². The van der Waals surface area contributed by atoms with Crippen LogP contribution in [0.5, 0.6) is 0 Å². The molecule has 1 saturated heterocycles. The van der Waals surface area contributed by atoms with E-state index in [2.05, 4.69) is 53.1 Å². The molecule has 2 N–H and O–H groups in total. The molecular formula is C23H29N3O4S. The van der Waals surface area contributed by atoms with E-state index in [1.807, 2.05) is 6.07 Å². The Morgan fingerprint density at radius 2 is 1.81 bits per heavy atom. The van der Waals surface area contributed by atoms with Crippen molar-refractivity contribution in [3.8, 4) is 0 Å². The zero-order valence-electron chi connectivity index (χ0n) is 18.1. The van der Waals surface area contributed by atoms with Crippen molar-refractivity contribution < 1.29 is 17.9 Å². The number of benzene rings is 2. The monoisotopic (exact) mass is 443 g/mol. The van der Waals surface area contributed by atoms with E-state index in [1.54, 1.807) is 12.1 Å². The van der Waals surface area contributed by atoms with Crippen LogP contribution in [0.4, 0.5) is 11.4 Å². The summed E-state index contributed by atoms with van der Waals surface area (Å²) < 4.78 is 30.7. The fourth-order valence-electron chi connectivity index (χ4n) is 4.50. The van der Waals surface area contributed by atoms with E-state index in [0.717, 1.165) is 50.1 Å². The van der Waals surface area contributed by atoms with Gasteiger partial charge in [0.15, 0.2) is 0 Å². The maximum atomic E-state index is 12.6. The summed E-state index contributed by atoms with van der Waals surface area (Å²) in [6, 6.07) is 14.0. The third-order valence-electron chi connectivity index (χ3n) is 5.99. The molecule has 0 bridgehead atoms. The minimum Gasteiger partial charge on any atom is -0.378 e. The number of hydrogen-bond acceptors (Lipinski definition) is 6. The van der Waals surface area contributed by atoms with Crippen LogP contribution in [0.3, 0.4) is 0 Å². The summed E-state index contributed by atoms with van der Waals surface area (Å²) >= 11 is 0. The fraction of sp³-hybridized carbons (Fsp3) is 0.435. The largest absolute Gasteiger partial charge is 0.378 e.